The van der Waals surface area contributed by atoms with Gasteiger partial charge < -0.3 is 5.32 Å². The van der Waals surface area contributed by atoms with Gasteiger partial charge in [-0.3, -0.25) is 14.6 Å². The number of benzene rings is 1. The second kappa shape index (κ2) is 8.81. The van der Waals surface area contributed by atoms with E-state index in [4.69, 9.17) is 0 Å². The van der Waals surface area contributed by atoms with Crippen molar-refractivity contribution in [1.82, 2.24) is 15.1 Å². The molecule has 2 aliphatic rings. The number of carbonyl (C=O) groups excluding carboxylic acids is 1. The number of hydrogen-bond donors (Lipinski definition) is 1. The van der Waals surface area contributed by atoms with Crippen molar-refractivity contribution >= 4 is 5.91 Å². The summed E-state index contributed by atoms with van der Waals surface area (Å²) in [5.41, 5.74) is 2.71. The standard InChI is InChI=1S/C21H33N3O/c1-17-6-5-8-19(14-17)15-23-10-12-24(13-11-23)16-21(25)22-20-9-4-3-7-18(20)2/h5-6,8,14,18,20H,3-4,7,9-13,15-16H2,1-2H3,(H,22,25)/t18-,20-/m0/s1. The number of aryl methyl sites for hydroxylation is 1. The molecular weight excluding hydrogens is 310 g/mol. The van der Waals surface area contributed by atoms with Crippen molar-refractivity contribution in [2.45, 2.75) is 52.1 Å². The molecule has 3 rings (SSSR count). The van der Waals surface area contributed by atoms with Crippen molar-refractivity contribution in [3.63, 3.8) is 0 Å². The Morgan fingerprint density at radius 1 is 1.12 bits per heavy atom. The van der Waals surface area contributed by atoms with Crippen LogP contribution in [0.4, 0.5) is 0 Å². The molecule has 1 N–H and O–H groups in total. The lowest BCUT2D eigenvalue weighted by Crippen LogP contribution is -2.51. The number of nitrogens with one attached hydrogen (secondary N) is 1. The summed E-state index contributed by atoms with van der Waals surface area (Å²) in [5, 5.41) is 3.28. The van der Waals surface area contributed by atoms with Crippen LogP contribution >= 0.6 is 0 Å². The van der Waals surface area contributed by atoms with Crippen molar-refractivity contribution in [3.05, 3.63) is 35.4 Å². The molecule has 1 aromatic rings. The van der Waals surface area contributed by atoms with Crippen LogP contribution in [0.2, 0.25) is 0 Å². The van der Waals surface area contributed by atoms with E-state index in [1.807, 2.05) is 0 Å². The van der Waals surface area contributed by atoms with E-state index in [0.29, 0.717) is 18.5 Å². The van der Waals surface area contributed by atoms with Crippen molar-refractivity contribution in [2.24, 2.45) is 5.92 Å². The zero-order chi connectivity index (χ0) is 17.6. The minimum atomic E-state index is 0.214. The van der Waals surface area contributed by atoms with Crippen LogP contribution in [-0.4, -0.2) is 54.5 Å². The fraction of sp³-hybridized carbons (Fsp3) is 0.667. The van der Waals surface area contributed by atoms with E-state index in [1.165, 1.54) is 30.4 Å². The Labute approximate surface area is 152 Å². The molecule has 2 fully saturated rings. The zero-order valence-corrected chi connectivity index (χ0v) is 15.8. The number of rotatable bonds is 5. The first kappa shape index (κ1) is 18.4. The quantitative estimate of drug-likeness (QED) is 0.893. The second-order valence-corrected chi connectivity index (χ2v) is 7.98. The summed E-state index contributed by atoms with van der Waals surface area (Å²) in [5.74, 6) is 0.842. The van der Waals surface area contributed by atoms with Gasteiger partial charge in [0.05, 0.1) is 6.54 Å². The molecule has 0 spiro atoms. The van der Waals surface area contributed by atoms with Crippen LogP contribution in [0.1, 0.15) is 43.7 Å². The lowest BCUT2D eigenvalue weighted by Gasteiger charge is -2.35. The number of carbonyl (C=O) groups is 1. The lowest BCUT2D eigenvalue weighted by atomic mass is 9.86. The first-order chi connectivity index (χ1) is 12.1. The molecule has 0 unspecified atom stereocenters. The summed E-state index contributed by atoms with van der Waals surface area (Å²) < 4.78 is 0. The first-order valence-electron chi connectivity index (χ1n) is 9.90. The van der Waals surface area contributed by atoms with Gasteiger partial charge in [-0.1, -0.05) is 49.6 Å². The predicted octanol–water partition coefficient (Wildman–Crippen LogP) is 2.81. The summed E-state index contributed by atoms with van der Waals surface area (Å²) >= 11 is 0. The van der Waals surface area contributed by atoms with Gasteiger partial charge in [-0.2, -0.15) is 0 Å². The molecule has 0 aromatic heterocycles. The molecule has 25 heavy (non-hydrogen) atoms. The Morgan fingerprint density at radius 2 is 1.84 bits per heavy atom. The van der Waals surface area contributed by atoms with Gasteiger partial charge in [0.15, 0.2) is 0 Å². The molecule has 4 heteroatoms. The molecule has 1 aliphatic carbocycles. The fourth-order valence-corrected chi connectivity index (χ4v) is 4.16. The van der Waals surface area contributed by atoms with Gasteiger partial charge in [0.1, 0.15) is 0 Å². The SMILES string of the molecule is Cc1cccc(CN2CCN(CC(=O)N[C@H]3CCCC[C@@H]3C)CC2)c1. The molecule has 138 valence electrons. The van der Waals surface area contributed by atoms with Gasteiger partial charge in [0.2, 0.25) is 5.91 Å². The molecular formula is C21H33N3O. The molecule has 1 heterocycles. The lowest BCUT2D eigenvalue weighted by molar-refractivity contribution is -0.124. The smallest absolute Gasteiger partial charge is 0.234 e. The number of piperazine rings is 1. The highest BCUT2D eigenvalue weighted by atomic mass is 16.2. The van der Waals surface area contributed by atoms with Gasteiger partial charge in [-0.05, 0) is 31.2 Å². The molecule has 1 saturated heterocycles. The van der Waals surface area contributed by atoms with E-state index in [0.717, 1.165) is 39.1 Å². The monoisotopic (exact) mass is 343 g/mol. The van der Waals surface area contributed by atoms with E-state index in [9.17, 15) is 4.79 Å². The van der Waals surface area contributed by atoms with E-state index in [-0.39, 0.29) is 5.91 Å². The average Bonchev–Trinajstić information content (AvgIpc) is 2.59. The highest BCUT2D eigenvalue weighted by molar-refractivity contribution is 5.78. The molecule has 0 bridgehead atoms. The topological polar surface area (TPSA) is 35.6 Å². The maximum atomic E-state index is 12.4. The number of nitrogens with zero attached hydrogens (tertiary/aromatic N) is 2. The van der Waals surface area contributed by atoms with E-state index in [1.54, 1.807) is 0 Å². The molecule has 4 nitrogen and oxygen atoms in total. The molecule has 1 amide bonds. The van der Waals surface area contributed by atoms with Crippen LogP contribution < -0.4 is 5.32 Å². The van der Waals surface area contributed by atoms with Gasteiger partial charge >= 0.3 is 0 Å². The minimum Gasteiger partial charge on any atom is -0.352 e. The van der Waals surface area contributed by atoms with Crippen molar-refractivity contribution in [3.8, 4) is 0 Å². The Morgan fingerprint density at radius 3 is 2.56 bits per heavy atom. The number of amides is 1. The largest absolute Gasteiger partial charge is 0.352 e. The third kappa shape index (κ3) is 5.55. The molecule has 1 aromatic carbocycles. The Hall–Kier alpha value is -1.39. The molecule has 0 radical (unpaired) electrons. The summed E-state index contributed by atoms with van der Waals surface area (Å²) in [6.07, 6.45) is 4.98. The summed E-state index contributed by atoms with van der Waals surface area (Å²) in [4.78, 5) is 17.2. The maximum absolute atomic E-state index is 12.4. The third-order valence-electron chi connectivity index (χ3n) is 5.78. The van der Waals surface area contributed by atoms with Crippen LogP contribution in [0.3, 0.4) is 0 Å². The van der Waals surface area contributed by atoms with Gasteiger partial charge in [0, 0.05) is 38.8 Å². The van der Waals surface area contributed by atoms with E-state index >= 15 is 0 Å². The molecule has 1 saturated carbocycles. The van der Waals surface area contributed by atoms with Gasteiger partial charge in [0.25, 0.3) is 0 Å². The molecule has 2 atom stereocenters. The van der Waals surface area contributed by atoms with E-state index in [2.05, 4.69) is 53.2 Å². The fourth-order valence-electron chi connectivity index (χ4n) is 4.16. The number of hydrogen-bond acceptors (Lipinski definition) is 3. The first-order valence-corrected chi connectivity index (χ1v) is 9.90. The van der Waals surface area contributed by atoms with Crippen molar-refractivity contribution in [2.75, 3.05) is 32.7 Å². The van der Waals surface area contributed by atoms with Crippen LogP contribution in [0.5, 0.6) is 0 Å². The van der Waals surface area contributed by atoms with Gasteiger partial charge in [-0.25, -0.2) is 0 Å². The van der Waals surface area contributed by atoms with Crippen LogP contribution in [0, 0.1) is 12.8 Å². The van der Waals surface area contributed by atoms with Crippen LogP contribution in [-0.2, 0) is 11.3 Å². The second-order valence-electron chi connectivity index (χ2n) is 7.98. The van der Waals surface area contributed by atoms with Crippen LogP contribution in [0.15, 0.2) is 24.3 Å². The Kier molecular flexibility index (Phi) is 6.49. The van der Waals surface area contributed by atoms with E-state index < -0.39 is 0 Å². The normalized spacial score (nSPS) is 25.7. The van der Waals surface area contributed by atoms with Gasteiger partial charge in [-0.15, -0.1) is 0 Å². The Bertz CT molecular complexity index is 566. The summed E-state index contributed by atoms with van der Waals surface area (Å²) in [6.45, 7) is 10.0. The highest BCUT2D eigenvalue weighted by Gasteiger charge is 2.24. The van der Waals surface area contributed by atoms with Crippen LogP contribution in [0.25, 0.3) is 0 Å². The highest BCUT2D eigenvalue weighted by Crippen LogP contribution is 2.23. The predicted molar refractivity (Wildman–Crippen MR) is 102 cm³/mol. The maximum Gasteiger partial charge on any atom is 0.234 e. The summed E-state index contributed by atoms with van der Waals surface area (Å²) in [7, 11) is 0. The third-order valence-corrected chi connectivity index (χ3v) is 5.78. The average molecular weight is 344 g/mol. The van der Waals surface area contributed by atoms with Crippen molar-refractivity contribution < 1.29 is 4.79 Å². The van der Waals surface area contributed by atoms with Crippen molar-refractivity contribution in [1.29, 1.82) is 0 Å². The molecule has 1 aliphatic heterocycles. The zero-order valence-electron chi connectivity index (χ0n) is 15.8. The summed E-state index contributed by atoms with van der Waals surface area (Å²) in [6, 6.07) is 9.15. The Balaban J connectivity index is 1.39. The minimum absolute atomic E-state index is 0.214.